The maximum absolute atomic E-state index is 9.29. The highest BCUT2D eigenvalue weighted by Gasteiger charge is 2.20. The van der Waals surface area contributed by atoms with Gasteiger partial charge in [-0.3, -0.25) is 0 Å². The molecule has 25 heavy (non-hydrogen) atoms. The molecule has 0 bridgehead atoms. The Labute approximate surface area is 146 Å². The molecular formula is C18H19N3O4. The molecule has 2 heterocycles. The number of nitriles is 1. The van der Waals surface area contributed by atoms with Gasteiger partial charge in [0.1, 0.15) is 6.07 Å². The van der Waals surface area contributed by atoms with Gasteiger partial charge in [-0.15, -0.1) is 0 Å². The predicted octanol–water partition coefficient (Wildman–Crippen LogP) is 2.57. The number of aromatic nitrogens is 1. The Bertz CT molecular complexity index is 801. The second-order valence-corrected chi connectivity index (χ2v) is 5.36. The lowest BCUT2D eigenvalue weighted by atomic mass is 10.2. The smallest absolute Gasteiger partial charge is 0.235 e. The van der Waals surface area contributed by atoms with Gasteiger partial charge in [-0.05, 0) is 23.8 Å². The van der Waals surface area contributed by atoms with Crippen LogP contribution < -0.4 is 14.4 Å². The van der Waals surface area contributed by atoms with Gasteiger partial charge in [-0.25, -0.2) is 0 Å². The van der Waals surface area contributed by atoms with E-state index in [1.54, 1.807) is 20.3 Å². The molecule has 1 aliphatic heterocycles. The van der Waals surface area contributed by atoms with E-state index < -0.39 is 0 Å². The summed E-state index contributed by atoms with van der Waals surface area (Å²) in [6.45, 7) is 2.59. The van der Waals surface area contributed by atoms with Crippen LogP contribution in [-0.4, -0.2) is 45.5 Å². The minimum atomic E-state index is 0.286. The fourth-order valence-electron chi connectivity index (χ4n) is 2.58. The monoisotopic (exact) mass is 341 g/mol. The molecule has 0 unspecified atom stereocenters. The molecule has 1 aromatic carbocycles. The lowest BCUT2D eigenvalue weighted by Crippen LogP contribution is -2.36. The minimum Gasteiger partial charge on any atom is -0.493 e. The van der Waals surface area contributed by atoms with Crippen LogP contribution in [0.4, 0.5) is 5.88 Å². The van der Waals surface area contributed by atoms with Crippen LogP contribution >= 0.6 is 0 Å². The second kappa shape index (κ2) is 7.73. The number of methoxy groups -OCH3 is 2. The highest BCUT2D eigenvalue weighted by molar-refractivity contribution is 5.69. The molecule has 1 aliphatic rings. The van der Waals surface area contributed by atoms with Gasteiger partial charge >= 0.3 is 0 Å². The van der Waals surface area contributed by atoms with Crippen LogP contribution in [-0.2, 0) is 4.74 Å². The molecule has 2 aromatic rings. The summed E-state index contributed by atoms with van der Waals surface area (Å²) in [6, 6.07) is 7.67. The van der Waals surface area contributed by atoms with E-state index in [-0.39, 0.29) is 5.69 Å². The van der Waals surface area contributed by atoms with Gasteiger partial charge in [0.25, 0.3) is 0 Å². The zero-order valence-corrected chi connectivity index (χ0v) is 14.2. The number of rotatable bonds is 5. The van der Waals surface area contributed by atoms with E-state index in [9.17, 15) is 5.26 Å². The number of hydrogen-bond donors (Lipinski definition) is 0. The van der Waals surface area contributed by atoms with Gasteiger partial charge in [-0.1, -0.05) is 6.07 Å². The molecule has 1 saturated heterocycles. The molecule has 0 atom stereocenters. The molecule has 1 fully saturated rings. The Morgan fingerprint density at radius 1 is 1.16 bits per heavy atom. The largest absolute Gasteiger partial charge is 0.493 e. The van der Waals surface area contributed by atoms with E-state index >= 15 is 0 Å². The summed E-state index contributed by atoms with van der Waals surface area (Å²) in [7, 11) is 3.18. The number of oxazole rings is 1. The number of hydrogen-bond acceptors (Lipinski definition) is 7. The Kier molecular flexibility index (Phi) is 5.21. The zero-order chi connectivity index (χ0) is 17.6. The topological polar surface area (TPSA) is 80.8 Å². The van der Waals surface area contributed by atoms with Crippen LogP contribution in [0, 0.1) is 11.3 Å². The van der Waals surface area contributed by atoms with Crippen LogP contribution in [0.25, 0.3) is 12.2 Å². The zero-order valence-electron chi connectivity index (χ0n) is 14.2. The molecule has 7 nitrogen and oxygen atoms in total. The molecular weight excluding hydrogens is 322 g/mol. The van der Waals surface area contributed by atoms with Crippen LogP contribution in [0.2, 0.25) is 0 Å². The van der Waals surface area contributed by atoms with Crippen LogP contribution in [0.15, 0.2) is 22.6 Å². The fraction of sp³-hybridized carbons (Fsp3) is 0.333. The Balaban J connectivity index is 1.82. The van der Waals surface area contributed by atoms with Crippen molar-refractivity contribution in [1.82, 2.24) is 4.98 Å². The van der Waals surface area contributed by atoms with Crippen molar-refractivity contribution in [3.05, 3.63) is 35.3 Å². The Hall–Kier alpha value is -2.98. The summed E-state index contributed by atoms with van der Waals surface area (Å²) >= 11 is 0. The third-order valence-electron chi connectivity index (χ3n) is 3.86. The summed E-state index contributed by atoms with van der Waals surface area (Å²) in [5.41, 5.74) is 1.19. The molecule has 0 radical (unpaired) electrons. The summed E-state index contributed by atoms with van der Waals surface area (Å²) in [5.74, 6) is 2.19. The van der Waals surface area contributed by atoms with Gasteiger partial charge in [0.15, 0.2) is 11.5 Å². The molecule has 0 N–H and O–H groups in total. The van der Waals surface area contributed by atoms with E-state index in [4.69, 9.17) is 18.6 Å². The molecule has 7 heteroatoms. The van der Waals surface area contributed by atoms with Crippen molar-refractivity contribution >= 4 is 18.0 Å². The first kappa shape index (κ1) is 16.9. The molecule has 0 aliphatic carbocycles. The van der Waals surface area contributed by atoms with E-state index in [2.05, 4.69) is 11.1 Å². The molecule has 0 spiro atoms. The van der Waals surface area contributed by atoms with Gasteiger partial charge in [0.05, 0.1) is 27.4 Å². The SMILES string of the molecule is COc1ccc(C=Cc2nc(C#N)c(N3CCOCC3)o2)cc1OC. The standard InChI is InChI=1S/C18H19N3O4/c1-22-15-5-3-13(11-16(15)23-2)4-6-17-20-14(12-19)18(25-17)21-7-9-24-10-8-21/h3-6,11H,7-10H2,1-2H3. The van der Waals surface area contributed by atoms with Crippen LogP contribution in [0.1, 0.15) is 17.1 Å². The van der Waals surface area contributed by atoms with Crippen LogP contribution in [0.3, 0.4) is 0 Å². The third kappa shape index (κ3) is 3.75. The van der Waals surface area contributed by atoms with Gasteiger partial charge in [-0.2, -0.15) is 10.2 Å². The predicted molar refractivity (Wildman–Crippen MR) is 92.7 cm³/mol. The average Bonchev–Trinajstić information content (AvgIpc) is 3.10. The van der Waals surface area contributed by atoms with Crippen molar-refractivity contribution < 1.29 is 18.6 Å². The minimum absolute atomic E-state index is 0.286. The van der Waals surface area contributed by atoms with Crippen molar-refractivity contribution in [2.75, 3.05) is 45.4 Å². The first-order valence-corrected chi connectivity index (χ1v) is 7.89. The number of anilines is 1. The molecule has 0 amide bonds. The van der Waals surface area contributed by atoms with Crippen molar-refractivity contribution in [3.63, 3.8) is 0 Å². The fourth-order valence-corrected chi connectivity index (χ4v) is 2.58. The molecule has 3 rings (SSSR count). The summed E-state index contributed by atoms with van der Waals surface area (Å²) in [6.07, 6.45) is 3.57. The van der Waals surface area contributed by atoms with Gasteiger partial charge < -0.3 is 23.5 Å². The first-order valence-electron chi connectivity index (χ1n) is 7.89. The lowest BCUT2D eigenvalue weighted by Gasteiger charge is -2.25. The maximum Gasteiger partial charge on any atom is 0.235 e. The summed E-state index contributed by atoms with van der Waals surface area (Å²) in [5, 5.41) is 9.29. The highest BCUT2D eigenvalue weighted by Crippen LogP contribution is 2.29. The quantitative estimate of drug-likeness (QED) is 0.827. The van der Waals surface area contributed by atoms with E-state index in [1.165, 1.54) is 0 Å². The van der Waals surface area contributed by atoms with Crippen molar-refractivity contribution in [1.29, 1.82) is 5.26 Å². The molecule has 0 saturated carbocycles. The van der Waals surface area contributed by atoms with Gasteiger partial charge in [0, 0.05) is 19.2 Å². The summed E-state index contributed by atoms with van der Waals surface area (Å²) in [4.78, 5) is 6.22. The molecule has 130 valence electrons. The van der Waals surface area contributed by atoms with Crippen LogP contribution in [0.5, 0.6) is 11.5 Å². The van der Waals surface area contributed by atoms with Crippen molar-refractivity contribution in [3.8, 4) is 17.6 Å². The third-order valence-corrected chi connectivity index (χ3v) is 3.86. The number of morpholine rings is 1. The normalized spacial score (nSPS) is 14.5. The lowest BCUT2D eigenvalue weighted by molar-refractivity contribution is 0.120. The number of nitrogens with zero attached hydrogens (tertiary/aromatic N) is 3. The number of ether oxygens (including phenoxy) is 3. The highest BCUT2D eigenvalue weighted by atomic mass is 16.5. The van der Waals surface area contributed by atoms with Crippen molar-refractivity contribution in [2.45, 2.75) is 0 Å². The average molecular weight is 341 g/mol. The van der Waals surface area contributed by atoms with E-state index in [0.29, 0.717) is 49.6 Å². The summed E-state index contributed by atoms with van der Waals surface area (Å²) < 4.78 is 21.6. The second-order valence-electron chi connectivity index (χ2n) is 5.36. The number of benzene rings is 1. The maximum atomic E-state index is 9.29. The van der Waals surface area contributed by atoms with E-state index in [0.717, 1.165) is 5.56 Å². The molecule has 1 aromatic heterocycles. The Morgan fingerprint density at radius 2 is 1.92 bits per heavy atom. The first-order chi connectivity index (χ1) is 12.2. The Morgan fingerprint density at radius 3 is 2.60 bits per heavy atom. The van der Waals surface area contributed by atoms with Crippen molar-refractivity contribution in [2.24, 2.45) is 0 Å². The van der Waals surface area contributed by atoms with E-state index in [1.807, 2.05) is 29.2 Å². The van der Waals surface area contributed by atoms with Gasteiger partial charge in [0.2, 0.25) is 17.5 Å².